The molecule has 0 saturated heterocycles. The molecule has 2 N–H and O–H groups in total. The maximum absolute atomic E-state index is 11.4. The van der Waals surface area contributed by atoms with E-state index < -0.39 is 21.5 Å². The Hall–Kier alpha value is -1.40. The summed E-state index contributed by atoms with van der Waals surface area (Å²) < 4.78 is 24.9. The fourth-order valence-corrected chi connectivity index (χ4v) is 3.23. The molecule has 1 aromatic carbocycles. The Morgan fingerprint density at radius 2 is 2.06 bits per heavy atom. The molecule has 92 valence electrons. The van der Waals surface area contributed by atoms with Crippen LogP contribution >= 0.6 is 0 Å². The molecule has 2 rings (SSSR count). The van der Waals surface area contributed by atoms with Gasteiger partial charge in [-0.15, -0.1) is 0 Å². The highest BCUT2D eigenvalue weighted by molar-refractivity contribution is 7.88. The molecule has 0 radical (unpaired) electrons. The summed E-state index contributed by atoms with van der Waals surface area (Å²) in [6, 6.07) is 7.02. The quantitative estimate of drug-likeness (QED) is 0.822. The molecule has 0 aliphatic heterocycles. The number of hydrogen-bond donors (Lipinski definition) is 2. The molecule has 0 fully saturated rings. The van der Waals surface area contributed by atoms with Crippen molar-refractivity contribution in [1.29, 1.82) is 0 Å². The normalized spacial score (nSPS) is 23.4. The van der Waals surface area contributed by atoms with Gasteiger partial charge in [-0.05, 0) is 24.0 Å². The van der Waals surface area contributed by atoms with Gasteiger partial charge < -0.3 is 5.11 Å². The van der Waals surface area contributed by atoms with Crippen LogP contribution < -0.4 is 4.72 Å². The first kappa shape index (κ1) is 12.1. The number of carboxylic acid groups (broad SMARTS) is 1. The Morgan fingerprint density at radius 3 is 2.65 bits per heavy atom. The van der Waals surface area contributed by atoms with E-state index in [1.165, 1.54) is 0 Å². The third kappa shape index (κ3) is 2.05. The first-order chi connectivity index (χ1) is 7.85. The molecule has 0 saturated carbocycles. The second-order valence-electron chi connectivity index (χ2n) is 4.24. The van der Waals surface area contributed by atoms with Crippen LogP contribution in [0.25, 0.3) is 0 Å². The molecule has 1 aliphatic rings. The molecule has 5 nitrogen and oxygen atoms in total. The SMILES string of the molecule is CS(=O)(=O)NC1(C(=O)O)CCc2ccccc21. The zero-order valence-corrected chi connectivity index (χ0v) is 10.1. The van der Waals surface area contributed by atoms with Gasteiger partial charge in [-0.3, -0.25) is 0 Å². The van der Waals surface area contributed by atoms with Crippen molar-refractivity contribution >= 4 is 16.0 Å². The van der Waals surface area contributed by atoms with Crippen molar-refractivity contribution in [2.45, 2.75) is 18.4 Å². The van der Waals surface area contributed by atoms with E-state index >= 15 is 0 Å². The Labute approximate surface area is 99.5 Å². The van der Waals surface area contributed by atoms with Gasteiger partial charge in [-0.25, -0.2) is 13.2 Å². The largest absolute Gasteiger partial charge is 0.480 e. The number of hydrogen-bond acceptors (Lipinski definition) is 3. The van der Waals surface area contributed by atoms with E-state index in [2.05, 4.69) is 4.72 Å². The molecule has 0 spiro atoms. The van der Waals surface area contributed by atoms with Gasteiger partial charge in [0.1, 0.15) is 0 Å². The van der Waals surface area contributed by atoms with Gasteiger partial charge in [-0.1, -0.05) is 24.3 Å². The van der Waals surface area contributed by atoms with Gasteiger partial charge in [0.25, 0.3) is 0 Å². The molecule has 6 heteroatoms. The second kappa shape index (κ2) is 3.82. The predicted octanol–water partition coefficient (Wildman–Crippen LogP) is 0.462. The van der Waals surface area contributed by atoms with Crippen molar-refractivity contribution in [2.75, 3.05) is 6.26 Å². The number of carboxylic acids is 1. The number of aliphatic carboxylic acids is 1. The van der Waals surface area contributed by atoms with Crippen molar-refractivity contribution in [3.8, 4) is 0 Å². The van der Waals surface area contributed by atoms with Crippen molar-refractivity contribution in [2.24, 2.45) is 0 Å². The van der Waals surface area contributed by atoms with E-state index in [0.29, 0.717) is 12.0 Å². The molecule has 17 heavy (non-hydrogen) atoms. The highest BCUT2D eigenvalue weighted by Gasteiger charge is 2.47. The predicted molar refractivity (Wildman–Crippen MR) is 62.1 cm³/mol. The minimum Gasteiger partial charge on any atom is -0.480 e. The Morgan fingerprint density at radius 1 is 1.41 bits per heavy atom. The number of aryl methyl sites for hydroxylation is 1. The second-order valence-corrected chi connectivity index (χ2v) is 5.99. The summed E-state index contributed by atoms with van der Waals surface area (Å²) in [4.78, 5) is 11.4. The summed E-state index contributed by atoms with van der Waals surface area (Å²) in [6.07, 6.45) is 1.78. The fraction of sp³-hybridized carbons (Fsp3) is 0.364. The summed E-state index contributed by atoms with van der Waals surface area (Å²) >= 11 is 0. The van der Waals surface area contributed by atoms with Crippen LogP contribution in [0.1, 0.15) is 17.5 Å². The molecule has 0 heterocycles. The first-order valence-electron chi connectivity index (χ1n) is 5.16. The average Bonchev–Trinajstić information content (AvgIpc) is 2.57. The monoisotopic (exact) mass is 255 g/mol. The molecule has 0 bridgehead atoms. The minimum absolute atomic E-state index is 0.245. The molecule has 0 amide bonds. The van der Waals surface area contributed by atoms with Gasteiger partial charge in [0, 0.05) is 0 Å². The van der Waals surface area contributed by atoms with Crippen LogP contribution in [0, 0.1) is 0 Å². The van der Waals surface area contributed by atoms with Crippen LogP contribution in [0.15, 0.2) is 24.3 Å². The van der Waals surface area contributed by atoms with Crippen LogP contribution in [-0.2, 0) is 26.8 Å². The van der Waals surface area contributed by atoms with Gasteiger partial charge >= 0.3 is 5.97 Å². The molecular weight excluding hydrogens is 242 g/mol. The Balaban J connectivity index is 2.56. The van der Waals surface area contributed by atoms with Crippen LogP contribution in [0.2, 0.25) is 0 Å². The van der Waals surface area contributed by atoms with Gasteiger partial charge in [0.2, 0.25) is 10.0 Å². The third-order valence-electron chi connectivity index (χ3n) is 2.97. The minimum atomic E-state index is -3.58. The Kier molecular flexibility index (Phi) is 2.71. The molecular formula is C11H13NO4S. The third-order valence-corrected chi connectivity index (χ3v) is 3.69. The summed E-state index contributed by atoms with van der Waals surface area (Å²) in [7, 11) is -3.58. The zero-order valence-electron chi connectivity index (χ0n) is 9.30. The lowest BCUT2D eigenvalue weighted by Gasteiger charge is -2.25. The number of sulfonamides is 1. The van der Waals surface area contributed by atoms with E-state index in [1.807, 2.05) is 12.1 Å². The van der Waals surface area contributed by atoms with E-state index in [4.69, 9.17) is 0 Å². The lowest BCUT2D eigenvalue weighted by atomic mass is 9.93. The smallest absolute Gasteiger partial charge is 0.329 e. The van der Waals surface area contributed by atoms with Crippen LogP contribution in [-0.4, -0.2) is 25.7 Å². The molecule has 0 aromatic heterocycles. The van der Waals surface area contributed by atoms with Crippen LogP contribution in [0.3, 0.4) is 0 Å². The number of fused-ring (bicyclic) bond motifs is 1. The van der Waals surface area contributed by atoms with Crippen molar-refractivity contribution in [3.63, 3.8) is 0 Å². The lowest BCUT2D eigenvalue weighted by molar-refractivity contribution is -0.144. The maximum atomic E-state index is 11.4. The van der Waals surface area contributed by atoms with Crippen molar-refractivity contribution in [3.05, 3.63) is 35.4 Å². The fourth-order valence-electron chi connectivity index (χ4n) is 2.30. The van der Waals surface area contributed by atoms with Crippen LogP contribution in [0.5, 0.6) is 0 Å². The summed E-state index contributed by atoms with van der Waals surface area (Å²) in [5.74, 6) is -1.16. The van der Waals surface area contributed by atoms with E-state index in [-0.39, 0.29) is 6.42 Å². The number of carbonyl (C=O) groups is 1. The summed E-state index contributed by atoms with van der Waals surface area (Å²) in [5.41, 5.74) is -0.0894. The highest BCUT2D eigenvalue weighted by atomic mass is 32.2. The zero-order chi connectivity index (χ0) is 12.7. The van der Waals surface area contributed by atoms with Gasteiger partial charge in [0.05, 0.1) is 6.26 Å². The van der Waals surface area contributed by atoms with Gasteiger partial charge in [0.15, 0.2) is 5.54 Å². The van der Waals surface area contributed by atoms with Crippen molar-refractivity contribution in [1.82, 2.24) is 4.72 Å². The number of nitrogens with one attached hydrogen (secondary N) is 1. The molecule has 1 aliphatic carbocycles. The van der Waals surface area contributed by atoms with E-state index in [9.17, 15) is 18.3 Å². The Bertz CT molecular complexity index is 567. The highest BCUT2D eigenvalue weighted by Crippen LogP contribution is 2.37. The van der Waals surface area contributed by atoms with E-state index in [0.717, 1.165) is 11.8 Å². The average molecular weight is 255 g/mol. The van der Waals surface area contributed by atoms with Crippen molar-refractivity contribution < 1.29 is 18.3 Å². The number of rotatable bonds is 3. The van der Waals surface area contributed by atoms with Crippen LogP contribution in [0.4, 0.5) is 0 Å². The lowest BCUT2D eigenvalue weighted by Crippen LogP contribution is -2.49. The molecule has 1 unspecified atom stereocenters. The standard InChI is InChI=1S/C11H13NO4S/c1-17(15,16)12-11(10(13)14)7-6-8-4-2-3-5-9(8)11/h2-5,12H,6-7H2,1H3,(H,13,14). The van der Waals surface area contributed by atoms with Gasteiger partial charge in [-0.2, -0.15) is 4.72 Å². The molecule has 1 atom stereocenters. The number of benzene rings is 1. The molecule has 1 aromatic rings. The topological polar surface area (TPSA) is 83.5 Å². The first-order valence-corrected chi connectivity index (χ1v) is 7.05. The maximum Gasteiger partial charge on any atom is 0.329 e. The summed E-state index contributed by atoms with van der Waals surface area (Å²) in [5, 5.41) is 9.35. The van der Waals surface area contributed by atoms with E-state index in [1.54, 1.807) is 12.1 Å². The summed E-state index contributed by atoms with van der Waals surface area (Å²) in [6.45, 7) is 0.